The molecule has 0 heterocycles. The van der Waals surface area contributed by atoms with Gasteiger partial charge in [-0.2, -0.15) is 0 Å². The van der Waals surface area contributed by atoms with Crippen molar-refractivity contribution >= 4 is 6.08 Å². The van der Waals surface area contributed by atoms with Gasteiger partial charge in [0.05, 0.1) is 0 Å². The molecule has 0 rings (SSSR count). The first-order valence-corrected chi connectivity index (χ1v) is 0.628. The van der Waals surface area contributed by atoms with Crippen LogP contribution in [0.3, 0.4) is 0 Å². The van der Waals surface area contributed by atoms with E-state index >= 15 is 0 Å². The molecule has 0 aliphatic heterocycles. The summed E-state index contributed by atoms with van der Waals surface area (Å²) in [7, 11) is 0. The normalized spacial score (nSPS) is 4.00. The van der Waals surface area contributed by atoms with Crippen molar-refractivity contribution in [1.29, 1.82) is 0 Å². The molecule has 0 spiro atoms. The molecule has 0 unspecified atom stereocenters. The Morgan fingerprint density at radius 3 is 2.25 bits per heavy atom. The van der Waals surface area contributed by atoms with E-state index in [2.05, 4.69) is 0 Å². The van der Waals surface area contributed by atoms with Crippen LogP contribution in [0.1, 0.15) is 0 Å². The summed E-state index contributed by atoms with van der Waals surface area (Å²) >= 11 is 0. The quantitative estimate of drug-likeness (QED) is 0.206. The van der Waals surface area contributed by atoms with E-state index in [-0.39, 0.29) is 0 Å². The maximum atomic E-state index is 8.63. The summed E-state index contributed by atoms with van der Waals surface area (Å²) in [6.45, 7) is 0. The molecule has 0 N–H and O–H groups in total. The van der Waals surface area contributed by atoms with Crippen LogP contribution >= 0.6 is 0 Å². The minimum absolute atomic E-state index is 0.861. The summed E-state index contributed by atoms with van der Waals surface area (Å²) in [4.78, 5) is 8.63. The lowest BCUT2D eigenvalue weighted by atomic mass is 11.6. The molecule has 0 aromatic rings. The van der Waals surface area contributed by atoms with Crippen LogP contribution < -0.4 is 5.84 Å². The topological polar surface area (TPSA) is 51.7 Å². The van der Waals surface area contributed by atoms with Gasteiger partial charge in [0.2, 0.25) is 0 Å². The summed E-state index contributed by atoms with van der Waals surface area (Å²) in [6, 6.07) is 0. The van der Waals surface area contributed by atoms with E-state index in [0.717, 1.165) is 6.08 Å². The fraction of sp³-hybridized carbons (Fsp3) is 0. The zero-order valence-corrected chi connectivity index (χ0v) is 1.80. The predicted molar refractivity (Wildman–Crippen MR) is 10.3 cm³/mol. The van der Waals surface area contributed by atoms with E-state index in [4.69, 9.17) is 10.6 Å². The summed E-state index contributed by atoms with van der Waals surface area (Å²) in [6.07, 6.45) is 0.861. The second kappa shape index (κ2) is 2.18. The Bertz CT molecular complexity index is 44.0. The van der Waals surface area contributed by atoms with Crippen molar-refractivity contribution in [2.45, 2.75) is 0 Å². The fourth-order valence-electron chi connectivity index (χ4n) is 0. The third kappa shape index (κ3) is 1.18. The van der Waals surface area contributed by atoms with Crippen molar-refractivity contribution < 1.29 is 4.79 Å². The van der Waals surface area contributed by atoms with Crippen molar-refractivity contribution in [3.63, 3.8) is 0 Å². The van der Waals surface area contributed by atoms with Gasteiger partial charge in [0.25, 0.3) is 6.08 Å². The average molecular weight is 56.0 g/mol. The van der Waals surface area contributed by atoms with Gasteiger partial charge in [-0.3, -0.25) is 0 Å². The second-order valence-electron chi connectivity index (χ2n) is 0.191. The Kier molecular flexibility index (Phi) is 1.73. The van der Waals surface area contributed by atoms with Gasteiger partial charge >= 0.3 is 0 Å². The van der Waals surface area contributed by atoms with Crippen LogP contribution in [0.4, 0.5) is 0 Å². The molecule has 0 aliphatic carbocycles. The van der Waals surface area contributed by atoms with Gasteiger partial charge in [-0.1, -0.05) is 0 Å². The molecule has 0 saturated heterocycles. The molecule has 3 nitrogen and oxygen atoms in total. The van der Waals surface area contributed by atoms with Gasteiger partial charge < -0.3 is 0 Å². The number of rotatable bonds is 0. The lowest BCUT2D eigenvalue weighted by Crippen LogP contribution is -1.46. The van der Waals surface area contributed by atoms with Crippen LogP contribution in [0.5, 0.6) is 0 Å². The van der Waals surface area contributed by atoms with Crippen molar-refractivity contribution in [2.75, 3.05) is 0 Å². The van der Waals surface area contributed by atoms with Crippen LogP contribution in [-0.4, -0.2) is 6.08 Å². The van der Waals surface area contributed by atoms with Crippen molar-refractivity contribution in [3.8, 4) is 0 Å². The Labute approximate surface area is 23.1 Å². The summed E-state index contributed by atoms with van der Waals surface area (Å²) in [5, 5.41) is 1.93. The molecule has 0 aromatic heterocycles. The average Bonchev–Trinajstić information content (AvgIpc) is 1.37. The number of hydrogen-bond acceptors (Lipinski definition) is 2. The van der Waals surface area contributed by atoms with E-state index in [1.54, 1.807) is 0 Å². The first-order chi connectivity index (χ1) is 1.91. The van der Waals surface area contributed by atoms with Crippen molar-refractivity contribution in [1.82, 2.24) is 5.84 Å². The van der Waals surface area contributed by atoms with E-state index in [9.17, 15) is 0 Å². The number of hydrogen-bond donors (Lipinski definition) is 0. The minimum Gasteiger partial charge on any atom is -0.209 e. The number of carbonyl (C=O) groups excluding carboxylic acids is 1. The first kappa shape index (κ1) is 3.18. The maximum Gasteiger partial charge on any atom is 0.261 e. The predicted octanol–water partition coefficient (Wildman–Crippen LogP) is -0.694. The Hall–Kier alpha value is -0.820. The summed E-state index contributed by atoms with van der Waals surface area (Å²) in [5.74, 6) is 7.08. The molecule has 0 fully saturated rings. The highest BCUT2D eigenvalue weighted by Crippen LogP contribution is 1.22. The van der Waals surface area contributed by atoms with E-state index in [0.29, 0.717) is 0 Å². The van der Waals surface area contributed by atoms with Crippen LogP contribution in [0.25, 0.3) is 0 Å². The van der Waals surface area contributed by atoms with Crippen LogP contribution in [0.2, 0.25) is 0 Å². The first-order valence-electron chi connectivity index (χ1n) is 0.628. The molecule has 0 amide bonds. The third-order valence-electron chi connectivity index (χ3n) is 0.0408. The molecule has 2 radical (unpaired) electrons. The highest BCUT2D eigenvalue weighted by atomic mass is 16.1. The molecule has 4 heavy (non-hydrogen) atoms. The van der Waals surface area contributed by atoms with Gasteiger partial charge in [0, 0.05) is 0 Å². The third-order valence-corrected chi connectivity index (χ3v) is 0.0408. The van der Waals surface area contributed by atoms with Gasteiger partial charge in [-0.15, -0.1) is 0 Å². The maximum absolute atomic E-state index is 8.63. The van der Waals surface area contributed by atoms with Crippen LogP contribution in [0.15, 0.2) is 5.10 Å². The molecular formula is CN2O. The van der Waals surface area contributed by atoms with Gasteiger partial charge in [0.1, 0.15) is 0 Å². The molecule has 20 valence electrons. The van der Waals surface area contributed by atoms with E-state index in [1.165, 1.54) is 0 Å². The summed E-state index contributed by atoms with van der Waals surface area (Å²) < 4.78 is 0. The van der Waals surface area contributed by atoms with Crippen LogP contribution in [-0.2, 0) is 4.79 Å². The van der Waals surface area contributed by atoms with Crippen LogP contribution in [0, 0.1) is 0 Å². The highest BCUT2D eigenvalue weighted by molar-refractivity contribution is 5.31. The van der Waals surface area contributed by atoms with Crippen molar-refractivity contribution in [2.24, 2.45) is 5.10 Å². The molecule has 0 atom stereocenters. The molecule has 0 bridgehead atoms. The lowest BCUT2D eigenvalue weighted by Gasteiger charge is -1.29. The van der Waals surface area contributed by atoms with E-state index in [1.807, 2.05) is 5.10 Å². The molecule has 0 aromatic carbocycles. The fourth-order valence-corrected chi connectivity index (χ4v) is 0. The minimum atomic E-state index is 0.861. The van der Waals surface area contributed by atoms with Gasteiger partial charge in [-0.05, 0) is 10.9 Å². The van der Waals surface area contributed by atoms with E-state index < -0.39 is 0 Å². The SMILES string of the molecule is [N]N=C=O. The summed E-state index contributed by atoms with van der Waals surface area (Å²) in [5.41, 5.74) is 0. The van der Waals surface area contributed by atoms with Crippen molar-refractivity contribution in [3.05, 3.63) is 0 Å². The Morgan fingerprint density at radius 1 is 2.00 bits per heavy atom. The molecule has 3 heteroatoms. The zero-order chi connectivity index (χ0) is 3.41. The smallest absolute Gasteiger partial charge is 0.209 e. The lowest BCUT2D eigenvalue weighted by molar-refractivity contribution is 0.563. The Balaban J connectivity index is 3.11. The monoisotopic (exact) mass is 56.0 g/mol. The molecular weight excluding hydrogens is 56.0 g/mol. The number of isocyanates is 1. The molecule has 0 aliphatic rings. The zero-order valence-electron chi connectivity index (χ0n) is 1.80. The van der Waals surface area contributed by atoms with Gasteiger partial charge in [0.15, 0.2) is 0 Å². The second-order valence-corrected chi connectivity index (χ2v) is 0.191. The molecule has 0 saturated carbocycles. The number of nitrogens with zero attached hydrogens (tertiary/aromatic N) is 2. The Morgan fingerprint density at radius 2 is 2.25 bits per heavy atom. The van der Waals surface area contributed by atoms with Gasteiger partial charge in [-0.25, -0.2) is 4.79 Å². The standard InChI is InChI=1S/CN2O/c2-3-1-4. The largest absolute Gasteiger partial charge is 0.261 e. The highest BCUT2D eigenvalue weighted by Gasteiger charge is 1.35.